The summed E-state index contributed by atoms with van der Waals surface area (Å²) in [6.07, 6.45) is 10.5. The van der Waals surface area contributed by atoms with E-state index < -0.39 is 15.4 Å². The molecule has 1 saturated heterocycles. The number of unbranched alkanes of at least 4 members (excludes halogenated alkanes) is 5. The van der Waals surface area contributed by atoms with Crippen LogP contribution in [0.1, 0.15) is 58.3 Å². The molecule has 1 aliphatic heterocycles. The predicted octanol–water partition coefficient (Wildman–Crippen LogP) is 4.85. The highest BCUT2D eigenvalue weighted by Gasteiger charge is 2.50. The third-order valence-electron chi connectivity index (χ3n) is 5.57. The van der Waals surface area contributed by atoms with E-state index >= 15 is 0 Å². The minimum atomic E-state index is -1.41. The van der Waals surface area contributed by atoms with Crippen LogP contribution in [-0.4, -0.2) is 27.6 Å². The fraction of sp³-hybridized carbons (Fsp3) is 1.00. The van der Waals surface area contributed by atoms with E-state index in [2.05, 4.69) is 33.1 Å². The van der Waals surface area contributed by atoms with Gasteiger partial charge in [-0.3, -0.25) is 0 Å². The topological polar surface area (TPSA) is 35.2 Å². The quantitative estimate of drug-likeness (QED) is 0.513. The highest BCUT2D eigenvalue weighted by atomic mass is 29.3. The minimum absolute atomic E-state index is 0.190. The van der Waals surface area contributed by atoms with Crippen molar-refractivity contribution in [1.29, 1.82) is 0 Å². The standard InChI is InChI=1S/C16H37NOSi2/c1-16(12-10-8-6-7-9-11-14-17)13-15-19(2,3)20(4,5)18-16/h6-15,17H2,1-5H3. The Morgan fingerprint density at radius 3 is 2.05 bits per heavy atom. The molecule has 0 spiro atoms. The van der Waals surface area contributed by atoms with Crippen LogP contribution in [0.2, 0.25) is 32.2 Å². The molecule has 1 heterocycles. The molecule has 2 N–H and O–H groups in total. The smallest absolute Gasteiger partial charge is 0.174 e. The molecule has 120 valence electrons. The molecule has 0 aromatic rings. The second-order valence-corrected chi connectivity index (χ2v) is 23.3. The maximum atomic E-state index is 6.71. The first kappa shape index (κ1) is 18.4. The summed E-state index contributed by atoms with van der Waals surface area (Å²) >= 11 is 0. The lowest BCUT2D eigenvalue weighted by Crippen LogP contribution is -2.64. The van der Waals surface area contributed by atoms with Crippen molar-refractivity contribution < 1.29 is 4.43 Å². The first-order valence-corrected chi connectivity index (χ1v) is 15.7. The van der Waals surface area contributed by atoms with Crippen LogP contribution in [-0.2, 0) is 4.43 Å². The third kappa shape index (κ3) is 5.28. The Kier molecular flexibility index (Phi) is 6.96. The van der Waals surface area contributed by atoms with Crippen LogP contribution in [0.4, 0.5) is 0 Å². The van der Waals surface area contributed by atoms with Crippen LogP contribution < -0.4 is 5.73 Å². The molecule has 0 aromatic carbocycles. The lowest BCUT2D eigenvalue weighted by molar-refractivity contribution is 0.0606. The highest BCUT2D eigenvalue weighted by molar-refractivity contribution is 7.38. The molecule has 0 aliphatic carbocycles. The average Bonchev–Trinajstić information content (AvgIpc) is 2.34. The molecule has 4 heteroatoms. The van der Waals surface area contributed by atoms with Gasteiger partial charge in [-0.25, -0.2) is 0 Å². The summed E-state index contributed by atoms with van der Waals surface area (Å²) in [6, 6.07) is 1.47. The Bertz CT molecular complexity index is 294. The number of hydrogen-bond donors (Lipinski definition) is 1. The van der Waals surface area contributed by atoms with Crippen molar-refractivity contribution in [2.24, 2.45) is 5.73 Å². The Morgan fingerprint density at radius 2 is 1.50 bits per heavy atom. The molecular weight excluding hydrogens is 278 g/mol. The number of nitrogens with two attached hydrogens (primary N) is 1. The SMILES string of the molecule is CC1(CCCCCCCCN)CC[Si](C)(C)[Si](C)(C)O1. The normalized spacial score (nSPS) is 28.5. The molecule has 1 aliphatic rings. The zero-order chi connectivity index (χ0) is 15.3. The molecule has 1 unspecified atom stereocenters. The summed E-state index contributed by atoms with van der Waals surface area (Å²) in [6.45, 7) is 13.2. The zero-order valence-electron chi connectivity index (χ0n) is 14.6. The van der Waals surface area contributed by atoms with Crippen molar-refractivity contribution >= 4 is 15.4 Å². The van der Waals surface area contributed by atoms with E-state index in [0.717, 1.165) is 6.54 Å². The zero-order valence-corrected chi connectivity index (χ0v) is 16.6. The van der Waals surface area contributed by atoms with Crippen LogP contribution >= 0.6 is 0 Å². The van der Waals surface area contributed by atoms with Gasteiger partial charge in [-0.1, -0.05) is 51.2 Å². The summed E-state index contributed by atoms with van der Waals surface area (Å²) in [5.41, 5.74) is 5.71. The van der Waals surface area contributed by atoms with Gasteiger partial charge in [0.05, 0.1) is 13.2 Å². The third-order valence-corrected chi connectivity index (χ3v) is 22.2. The fourth-order valence-electron chi connectivity index (χ4n) is 3.21. The van der Waals surface area contributed by atoms with E-state index in [4.69, 9.17) is 10.2 Å². The van der Waals surface area contributed by atoms with Crippen LogP contribution in [0.25, 0.3) is 0 Å². The molecule has 0 saturated carbocycles. The average molecular weight is 316 g/mol. The van der Waals surface area contributed by atoms with Crippen LogP contribution in [0.3, 0.4) is 0 Å². The molecule has 1 fully saturated rings. The molecule has 2 nitrogen and oxygen atoms in total. The summed E-state index contributed by atoms with van der Waals surface area (Å²) in [7, 11) is -2.49. The molecule has 0 radical (unpaired) electrons. The van der Waals surface area contributed by atoms with Gasteiger partial charge in [0.25, 0.3) is 0 Å². The monoisotopic (exact) mass is 315 g/mol. The molecule has 1 rings (SSSR count). The number of hydrogen-bond acceptors (Lipinski definition) is 2. The molecule has 1 atom stereocenters. The summed E-state index contributed by atoms with van der Waals surface area (Å²) in [4.78, 5) is 0. The van der Waals surface area contributed by atoms with Gasteiger partial charge < -0.3 is 10.2 Å². The Hall–Kier alpha value is 0.354. The van der Waals surface area contributed by atoms with Gasteiger partial charge in [0.1, 0.15) is 0 Å². The second kappa shape index (κ2) is 7.57. The first-order valence-electron chi connectivity index (χ1n) is 8.63. The second-order valence-electron chi connectivity index (χ2n) is 8.11. The summed E-state index contributed by atoms with van der Waals surface area (Å²) in [5, 5.41) is 0. The van der Waals surface area contributed by atoms with E-state index in [9.17, 15) is 0 Å². The van der Waals surface area contributed by atoms with Crippen molar-refractivity contribution in [2.75, 3.05) is 6.54 Å². The lowest BCUT2D eigenvalue weighted by atomic mass is 9.95. The Morgan fingerprint density at radius 1 is 0.950 bits per heavy atom. The van der Waals surface area contributed by atoms with Crippen molar-refractivity contribution in [3.05, 3.63) is 0 Å². The predicted molar refractivity (Wildman–Crippen MR) is 95.3 cm³/mol. The summed E-state index contributed by atoms with van der Waals surface area (Å²) in [5.74, 6) is 0. The molecular formula is C16H37NOSi2. The molecule has 20 heavy (non-hydrogen) atoms. The van der Waals surface area contributed by atoms with Crippen LogP contribution in [0, 0.1) is 0 Å². The molecule has 0 aromatic heterocycles. The van der Waals surface area contributed by atoms with Gasteiger partial charge in [-0.05, 0) is 45.8 Å². The van der Waals surface area contributed by atoms with Crippen molar-refractivity contribution in [1.82, 2.24) is 0 Å². The van der Waals surface area contributed by atoms with Gasteiger partial charge in [-0.15, -0.1) is 0 Å². The van der Waals surface area contributed by atoms with E-state index in [1.54, 1.807) is 0 Å². The lowest BCUT2D eigenvalue weighted by Gasteiger charge is -2.51. The van der Waals surface area contributed by atoms with E-state index in [1.807, 2.05) is 0 Å². The van der Waals surface area contributed by atoms with E-state index in [-0.39, 0.29) is 5.60 Å². The van der Waals surface area contributed by atoms with Gasteiger partial charge in [-0.2, -0.15) is 0 Å². The Labute approximate surface area is 128 Å². The highest BCUT2D eigenvalue weighted by Crippen LogP contribution is 2.41. The summed E-state index contributed by atoms with van der Waals surface area (Å²) < 4.78 is 6.71. The van der Waals surface area contributed by atoms with E-state index in [0.29, 0.717) is 0 Å². The van der Waals surface area contributed by atoms with Crippen LogP contribution in [0.15, 0.2) is 0 Å². The largest absolute Gasteiger partial charge is 0.415 e. The molecule has 0 amide bonds. The molecule has 0 bridgehead atoms. The van der Waals surface area contributed by atoms with Crippen LogP contribution in [0.5, 0.6) is 0 Å². The van der Waals surface area contributed by atoms with Gasteiger partial charge in [0.2, 0.25) is 0 Å². The Balaban J connectivity index is 2.26. The maximum Gasteiger partial charge on any atom is 0.174 e. The maximum absolute atomic E-state index is 6.71. The van der Waals surface area contributed by atoms with Crippen molar-refractivity contribution in [2.45, 2.75) is 96.1 Å². The van der Waals surface area contributed by atoms with Gasteiger partial charge >= 0.3 is 0 Å². The van der Waals surface area contributed by atoms with E-state index in [1.165, 1.54) is 57.4 Å². The van der Waals surface area contributed by atoms with Crippen molar-refractivity contribution in [3.8, 4) is 0 Å². The minimum Gasteiger partial charge on any atom is -0.415 e. The van der Waals surface area contributed by atoms with Gasteiger partial charge in [0.15, 0.2) is 7.83 Å². The number of rotatable bonds is 8. The fourth-order valence-corrected chi connectivity index (χ4v) is 10.4. The van der Waals surface area contributed by atoms with Gasteiger partial charge in [0, 0.05) is 0 Å². The van der Waals surface area contributed by atoms with Crippen molar-refractivity contribution in [3.63, 3.8) is 0 Å². The first-order chi connectivity index (χ1) is 9.22.